The van der Waals surface area contributed by atoms with E-state index in [2.05, 4.69) is 21.1 Å². The van der Waals surface area contributed by atoms with Crippen LogP contribution in [0.25, 0.3) is 4.13 Å². The summed E-state index contributed by atoms with van der Waals surface area (Å²) in [6, 6.07) is 0. The molecule has 26 heavy (non-hydrogen) atoms. The average molecular weight is 428 g/mol. The van der Waals surface area contributed by atoms with E-state index in [0.717, 1.165) is 17.4 Å². The lowest BCUT2D eigenvalue weighted by Gasteiger charge is -2.25. The number of hydrogen-bond acceptors (Lipinski definition) is 6. The van der Waals surface area contributed by atoms with Gasteiger partial charge in [0.05, 0.1) is 36.6 Å². The zero-order valence-electron chi connectivity index (χ0n) is 15.9. The molecule has 158 valence electrons. The molecule has 0 aliphatic rings. The van der Waals surface area contributed by atoms with E-state index in [4.69, 9.17) is 4.74 Å². The van der Waals surface area contributed by atoms with Gasteiger partial charge < -0.3 is 13.3 Å². The van der Waals surface area contributed by atoms with Crippen molar-refractivity contribution in [3.05, 3.63) is 4.13 Å². The topological polar surface area (TPSA) is 109 Å². The molecule has 0 aliphatic carbocycles. The molecule has 0 saturated carbocycles. The summed E-state index contributed by atoms with van der Waals surface area (Å²) in [6.45, 7) is 7.20. The van der Waals surface area contributed by atoms with Gasteiger partial charge in [-0.3, -0.25) is 4.79 Å². The van der Waals surface area contributed by atoms with Crippen LogP contribution in [0.15, 0.2) is 0 Å². The fourth-order valence-corrected chi connectivity index (χ4v) is 2.74. The molecule has 0 rings (SSSR count). The van der Waals surface area contributed by atoms with Crippen molar-refractivity contribution in [3.8, 4) is 0 Å². The number of sulfonamides is 2. The highest BCUT2D eigenvalue weighted by Crippen LogP contribution is 2.29. The van der Waals surface area contributed by atoms with E-state index < -0.39 is 25.6 Å². The molecule has 8 nitrogen and oxygen atoms in total. The van der Waals surface area contributed by atoms with Crippen LogP contribution >= 0.6 is 0 Å². The number of hydrogen-bond donors (Lipinski definition) is 0. The molecule has 0 unspecified atom stereocenters. The zero-order valence-corrected chi connectivity index (χ0v) is 17.5. The van der Waals surface area contributed by atoms with Gasteiger partial charge in [-0.05, 0) is 20.3 Å². The van der Waals surface area contributed by atoms with Crippen LogP contribution in [0.2, 0.25) is 0 Å². The van der Waals surface area contributed by atoms with Gasteiger partial charge in [0.2, 0.25) is 0 Å². The molecule has 0 spiro atoms. The number of nitrogens with zero attached hydrogens (tertiary/aromatic N) is 2. The van der Waals surface area contributed by atoms with Crippen molar-refractivity contribution >= 4 is 26.0 Å². The van der Waals surface area contributed by atoms with Crippen molar-refractivity contribution in [1.29, 1.82) is 0 Å². The van der Waals surface area contributed by atoms with Crippen LogP contribution in [0.4, 0.5) is 13.2 Å². The van der Waals surface area contributed by atoms with E-state index in [1.807, 2.05) is 20.8 Å². The maximum Gasteiger partial charge on any atom is 0.480 e. The first kappa shape index (κ1) is 27.3. The van der Waals surface area contributed by atoms with E-state index in [1.54, 1.807) is 4.13 Å². The van der Waals surface area contributed by atoms with Gasteiger partial charge in [-0.15, -0.1) is 0 Å². The van der Waals surface area contributed by atoms with E-state index in [-0.39, 0.29) is 17.6 Å². The second-order valence-corrected chi connectivity index (χ2v) is 10.6. The fraction of sp³-hybridized carbons (Fsp3) is 0.923. The molecule has 0 bridgehead atoms. The van der Waals surface area contributed by atoms with Crippen LogP contribution in [-0.4, -0.2) is 73.3 Å². The Hall–Kier alpha value is -0.920. The van der Waals surface area contributed by atoms with Gasteiger partial charge in [0.25, 0.3) is 0 Å². The SMILES string of the molecule is CCC(C)(C)C(=O)OCC[N+](C)(C)C.CS(=O)(=O)[N-]S(=O)(=O)C(F)(F)F. The summed E-state index contributed by atoms with van der Waals surface area (Å²) in [7, 11) is -4.22. The van der Waals surface area contributed by atoms with Crippen LogP contribution in [-0.2, 0) is 29.6 Å². The lowest BCUT2D eigenvalue weighted by atomic mass is 9.91. The predicted molar refractivity (Wildman–Crippen MR) is 91.1 cm³/mol. The number of quaternary nitrogens is 1. The van der Waals surface area contributed by atoms with Crippen molar-refractivity contribution < 1.29 is 44.0 Å². The molecule has 0 atom stereocenters. The summed E-state index contributed by atoms with van der Waals surface area (Å²) in [5.41, 5.74) is -6.01. The maximum absolute atomic E-state index is 11.6. The maximum atomic E-state index is 11.6. The Morgan fingerprint density at radius 3 is 1.73 bits per heavy atom. The first-order chi connectivity index (χ1) is 11.1. The highest BCUT2D eigenvalue weighted by Gasteiger charge is 2.40. The van der Waals surface area contributed by atoms with Crippen molar-refractivity contribution in [2.75, 3.05) is 40.6 Å². The van der Waals surface area contributed by atoms with Gasteiger partial charge in [0.1, 0.15) is 13.2 Å². The molecule has 0 heterocycles. The first-order valence-corrected chi connectivity index (χ1v) is 10.7. The number of likely N-dealkylation sites (N-methyl/N-ethyl adjacent to an activating group) is 1. The van der Waals surface area contributed by atoms with E-state index in [0.29, 0.717) is 6.61 Å². The summed E-state index contributed by atoms with van der Waals surface area (Å²) in [5.74, 6) is -0.0894. The number of carbonyl (C=O) groups is 1. The van der Waals surface area contributed by atoms with Gasteiger partial charge in [0.15, 0.2) is 10.0 Å². The molecule has 0 aromatic rings. The third-order valence-corrected chi connectivity index (χ3v) is 5.41. The number of halogens is 3. The Morgan fingerprint density at radius 1 is 1.08 bits per heavy atom. The molecular weight excluding hydrogens is 401 g/mol. The monoisotopic (exact) mass is 428 g/mol. The number of rotatable bonds is 7. The first-order valence-electron chi connectivity index (χ1n) is 7.38. The van der Waals surface area contributed by atoms with Crippen LogP contribution in [0.1, 0.15) is 27.2 Å². The summed E-state index contributed by atoms with van der Waals surface area (Å²) in [4.78, 5) is 11.6. The van der Waals surface area contributed by atoms with Crippen molar-refractivity contribution in [2.24, 2.45) is 5.41 Å². The summed E-state index contributed by atoms with van der Waals surface area (Å²) < 4.78 is 82.0. The molecule has 0 radical (unpaired) electrons. The summed E-state index contributed by atoms with van der Waals surface area (Å²) in [5, 5.41) is 0. The Kier molecular flexibility index (Phi) is 9.80. The molecule has 0 aliphatic heterocycles. The van der Waals surface area contributed by atoms with Gasteiger partial charge >= 0.3 is 11.5 Å². The van der Waals surface area contributed by atoms with E-state index in [1.165, 1.54) is 0 Å². The standard InChI is InChI=1S/C11H24NO2.C2H3F3NO4S2/c1-7-11(2,3)10(13)14-9-8-12(4,5)6;1-11(7,8)6-12(9,10)2(3,4)5/h7-9H2,1-6H3;1H3/q+1;-1. The van der Waals surface area contributed by atoms with E-state index in [9.17, 15) is 34.8 Å². The Balaban J connectivity index is 0. The second-order valence-electron chi connectivity index (χ2n) is 7.12. The largest absolute Gasteiger partial charge is 0.480 e. The normalized spacial score (nSPS) is 13.6. The number of ether oxygens (including phenoxy) is 1. The van der Waals surface area contributed by atoms with Gasteiger partial charge in [-0.2, -0.15) is 13.2 Å². The van der Waals surface area contributed by atoms with Gasteiger partial charge in [-0.1, -0.05) is 6.92 Å². The minimum absolute atomic E-state index is 0.0894. The summed E-state index contributed by atoms with van der Waals surface area (Å²) in [6.07, 6.45) is 1.06. The lowest BCUT2D eigenvalue weighted by Crippen LogP contribution is -2.39. The third kappa shape index (κ3) is 12.4. The molecular formula is C13H27F3N2O6S2. The highest BCUT2D eigenvalue weighted by atomic mass is 32.3. The fourth-order valence-electron chi connectivity index (χ4n) is 0.972. The number of alkyl halides is 3. The van der Waals surface area contributed by atoms with Crippen LogP contribution in [0.5, 0.6) is 0 Å². The van der Waals surface area contributed by atoms with Gasteiger partial charge in [0, 0.05) is 6.26 Å². The predicted octanol–water partition coefficient (Wildman–Crippen LogP) is 1.84. The Bertz CT molecular complexity index is 665. The number of esters is 1. The minimum atomic E-state index is -5.92. The quantitative estimate of drug-likeness (QED) is 0.452. The van der Waals surface area contributed by atoms with Crippen LogP contribution in [0.3, 0.4) is 0 Å². The van der Waals surface area contributed by atoms with E-state index >= 15 is 0 Å². The van der Waals surface area contributed by atoms with Crippen molar-refractivity contribution in [3.63, 3.8) is 0 Å². The average Bonchev–Trinajstić information content (AvgIpc) is 2.33. The lowest BCUT2D eigenvalue weighted by molar-refractivity contribution is -0.870. The molecule has 0 fully saturated rings. The Morgan fingerprint density at radius 2 is 1.50 bits per heavy atom. The molecule has 0 saturated heterocycles. The molecule has 0 N–H and O–H groups in total. The molecule has 0 aromatic heterocycles. The molecule has 13 heteroatoms. The smallest absolute Gasteiger partial charge is 0.459 e. The highest BCUT2D eigenvalue weighted by molar-refractivity contribution is 8.12. The van der Waals surface area contributed by atoms with Crippen LogP contribution < -0.4 is 0 Å². The van der Waals surface area contributed by atoms with Crippen LogP contribution in [0, 0.1) is 5.41 Å². The summed E-state index contributed by atoms with van der Waals surface area (Å²) >= 11 is 0. The number of carbonyl (C=O) groups excluding carboxylic acids is 1. The van der Waals surface area contributed by atoms with Crippen molar-refractivity contribution in [2.45, 2.75) is 32.7 Å². The molecule has 0 aromatic carbocycles. The zero-order chi connectivity index (χ0) is 21.6. The Labute approximate surface area is 153 Å². The second kappa shape index (κ2) is 9.33. The van der Waals surface area contributed by atoms with Crippen molar-refractivity contribution in [1.82, 2.24) is 0 Å². The van der Waals surface area contributed by atoms with Gasteiger partial charge in [-0.25, -0.2) is 16.8 Å². The minimum Gasteiger partial charge on any atom is -0.459 e. The molecule has 0 amide bonds. The third-order valence-electron chi connectivity index (χ3n) is 2.96.